The Morgan fingerprint density at radius 3 is 3.18 bits per heavy atom. The molecule has 0 unspecified atom stereocenters. The van der Waals surface area contributed by atoms with E-state index in [1.54, 1.807) is 11.3 Å². The number of aliphatic hydroxyl groups excluding tert-OH is 1. The van der Waals surface area contributed by atoms with Crippen molar-refractivity contribution in [2.75, 3.05) is 13.2 Å². The van der Waals surface area contributed by atoms with Gasteiger partial charge in [-0.25, -0.2) is 4.98 Å². The van der Waals surface area contributed by atoms with E-state index < -0.39 is 0 Å². The van der Waals surface area contributed by atoms with Crippen LogP contribution in [0.25, 0.3) is 4.96 Å². The van der Waals surface area contributed by atoms with E-state index in [0.717, 1.165) is 24.5 Å². The van der Waals surface area contributed by atoms with Crippen LogP contribution in [-0.4, -0.2) is 27.6 Å². The summed E-state index contributed by atoms with van der Waals surface area (Å²) in [5, 5.41) is 14.2. The predicted molar refractivity (Wildman–Crippen MR) is 68.5 cm³/mol. The molecule has 1 fully saturated rings. The van der Waals surface area contributed by atoms with Crippen LogP contribution in [0.4, 0.5) is 0 Å². The van der Waals surface area contributed by atoms with Gasteiger partial charge in [0, 0.05) is 30.6 Å². The van der Waals surface area contributed by atoms with Gasteiger partial charge in [-0.05, 0) is 25.8 Å². The first-order valence-corrected chi connectivity index (χ1v) is 7.04. The summed E-state index contributed by atoms with van der Waals surface area (Å²) >= 11 is 1.70. The fraction of sp³-hybridized carbons (Fsp3) is 0.583. The van der Waals surface area contributed by atoms with Gasteiger partial charge in [0.15, 0.2) is 4.96 Å². The second kappa shape index (κ2) is 4.76. The van der Waals surface area contributed by atoms with Crippen LogP contribution in [0, 0.1) is 0 Å². The van der Waals surface area contributed by atoms with Gasteiger partial charge in [-0.3, -0.25) is 4.40 Å². The van der Waals surface area contributed by atoms with E-state index in [1.165, 1.54) is 24.2 Å². The smallest absolute Gasteiger partial charge is 0.194 e. The maximum atomic E-state index is 8.76. The SMILES string of the molecule is OCCCNCc1c(C2CC2)nc2sccn12. The van der Waals surface area contributed by atoms with Gasteiger partial charge in [0.1, 0.15) is 0 Å². The molecule has 0 saturated heterocycles. The number of aromatic nitrogens is 2. The minimum absolute atomic E-state index is 0.253. The van der Waals surface area contributed by atoms with Crippen LogP contribution < -0.4 is 5.32 Å². The summed E-state index contributed by atoms with van der Waals surface area (Å²) in [5.74, 6) is 0.691. The van der Waals surface area contributed by atoms with E-state index in [4.69, 9.17) is 10.1 Å². The Balaban J connectivity index is 1.79. The maximum absolute atomic E-state index is 8.76. The monoisotopic (exact) mass is 251 g/mol. The zero-order valence-electron chi connectivity index (χ0n) is 9.72. The van der Waals surface area contributed by atoms with Crippen molar-refractivity contribution in [3.05, 3.63) is 23.0 Å². The lowest BCUT2D eigenvalue weighted by Gasteiger charge is -2.05. The molecular weight excluding hydrogens is 234 g/mol. The van der Waals surface area contributed by atoms with Crippen LogP contribution in [-0.2, 0) is 6.54 Å². The van der Waals surface area contributed by atoms with Crippen molar-refractivity contribution in [1.82, 2.24) is 14.7 Å². The molecule has 0 aliphatic heterocycles. The lowest BCUT2D eigenvalue weighted by molar-refractivity contribution is 0.286. The molecule has 92 valence electrons. The molecule has 0 atom stereocenters. The molecule has 3 rings (SSSR count). The normalized spacial score (nSPS) is 15.8. The largest absolute Gasteiger partial charge is 0.396 e. The van der Waals surface area contributed by atoms with Gasteiger partial charge >= 0.3 is 0 Å². The van der Waals surface area contributed by atoms with Crippen molar-refractivity contribution in [2.45, 2.75) is 31.7 Å². The molecular formula is C12H17N3OS. The molecule has 2 heterocycles. The van der Waals surface area contributed by atoms with E-state index in [-0.39, 0.29) is 6.61 Å². The Morgan fingerprint density at radius 1 is 1.53 bits per heavy atom. The number of fused-ring (bicyclic) bond motifs is 1. The average Bonchev–Trinajstić information content (AvgIpc) is 2.97. The molecule has 17 heavy (non-hydrogen) atoms. The molecule has 5 heteroatoms. The number of rotatable bonds is 6. The van der Waals surface area contributed by atoms with Crippen LogP contribution >= 0.6 is 11.3 Å². The number of nitrogens with zero attached hydrogens (tertiary/aromatic N) is 2. The van der Waals surface area contributed by atoms with Gasteiger partial charge < -0.3 is 10.4 Å². The van der Waals surface area contributed by atoms with E-state index in [1.807, 2.05) is 0 Å². The van der Waals surface area contributed by atoms with Gasteiger partial charge in [0.05, 0.1) is 11.4 Å². The Labute approximate surface area is 104 Å². The molecule has 0 bridgehead atoms. The molecule has 0 radical (unpaired) electrons. The first-order chi connectivity index (χ1) is 8.40. The first kappa shape index (κ1) is 11.2. The second-order valence-electron chi connectivity index (χ2n) is 4.53. The highest BCUT2D eigenvalue weighted by molar-refractivity contribution is 7.15. The number of hydrogen-bond donors (Lipinski definition) is 2. The lowest BCUT2D eigenvalue weighted by Crippen LogP contribution is -2.17. The van der Waals surface area contributed by atoms with Gasteiger partial charge in [-0.1, -0.05) is 0 Å². The van der Waals surface area contributed by atoms with Gasteiger partial charge in [-0.2, -0.15) is 0 Å². The van der Waals surface area contributed by atoms with Gasteiger partial charge in [0.2, 0.25) is 0 Å². The molecule has 0 aromatic carbocycles. The fourth-order valence-electron chi connectivity index (χ4n) is 2.12. The number of aliphatic hydroxyl groups is 1. The summed E-state index contributed by atoms with van der Waals surface area (Å²) < 4.78 is 2.20. The summed E-state index contributed by atoms with van der Waals surface area (Å²) in [7, 11) is 0. The standard InChI is InChI=1S/C12H17N3OS/c16-6-1-4-13-8-10-11(9-2-3-9)14-12-15(10)5-7-17-12/h5,7,9,13,16H,1-4,6,8H2. The van der Waals surface area contributed by atoms with Crippen molar-refractivity contribution in [3.63, 3.8) is 0 Å². The van der Waals surface area contributed by atoms with E-state index in [0.29, 0.717) is 5.92 Å². The Bertz CT molecular complexity index is 501. The minimum Gasteiger partial charge on any atom is -0.396 e. The van der Waals surface area contributed by atoms with Crippen molar-refractivity contribution < 1.29 is 5.11 Å². The van der Waals surface area contributed by atoms with Gasteiger partial charge in [0.25, 0.3) is 0 Å². The summed E-state index contributed by atoms with van der Waals surface area (Å²) in [6.45, 7) is 1.96. The summed E-state index contributed by atoms with van der Waals surface area (Å²) in [4.78, 5) is 5.83. The summed E-state index contributed by atoms with van der Waals surface area (Å²) in [5.41, 5.74) is 2.59. The van der Waals surface area contributed by atoms with Gasteiger partial charge in [-0.15, -0.1) is 11.3 Å². The van der Waals surface area contributed by atoms with Crippen molar-refractivity contribution >= 4 is 16.3 Å². The van der Waals surface area contributed by atoms with Crippen LogP contribution in [0.5, 0.6) is 0 Å². The molecule has 0 amide bonds. The van der Waals surface area contributed by atoms with Crippen molar-refractivity contribution in [1.29, 1.82) is 0 Å². The maximum Gasteiger partial charge on any atom is 0.194 e. The van der Waals surface area contributed by atoms with E-state index in [9.17, 15) is 0 Å². The van der Waals surface area contributed by atoms with Crippen LogP contribution in [0.1, 0.15) is 36.6 Å². The van der Waals surface area contributed by atoms with Crippen molar-refractivity contribution in [3.8, 4) is 0 Å². The number of imidazole rings is 1. The zero-order valence-corrected chi connectivity index (χ0v) is 10.5. The number of hydrogen-bond acceptors (Lipinski definition) is 4. The summed E-state index contributed by atoms with van der Waals surface area (Å²) in [6.07, 6.45) is 5.48. The third-order valence-electron chi connectivity index (χ3n) is 3.16. The third-order valence-corrected chi connectivity index (χ3v) is 3.92. The molecule has 2 aromatic rings. The molecule has 0 spiro atoms. The summed E-state index contributed by atoms with van der Waals surface area (Å²) in [6, 6.07) is 0. The number of thiazole rings is 1. The Morgan fingerprint density at radius 2 is 2.41 bits per heavy atom. The minimum atomic E-state index is 0.253. The molecule has 2 N–H and O–H groups in total. The zero-order chi connectivity index (χ0) is 11.7. The highest BCUT2D eigenvalue weighted by atomic mass is 32.1. The highest BCUT2D eigenvalue weighted by Crippen LogP contribution is 2.41. The first-order valence-electron chi connectivity index (χ1n) is 6.16. The highest BCUT2D eigenvalue weighted by Gasteiger charge is 2.29. The average molecular weight is 251 g/mol. The molecule has 4 nitrogen and oxygen atoms in total. The van der Waals surface area contributed by atoms with Crippen LogP contribution in [0.15, 0.2) is 11.6 Å². The molecule has 2 aromatic heterocycles. The molecule has 1 saturated carbocycles. The quantitative estimate of drug-likeness (QED) is 0.769. The predicted octanol–water partition coefficient (Wildman–Crippen LogP) is 1.75. The lowest BCUT2D eigenvalue weighted by atomic mass is 10.2. The molecule has 1 aliphatic rings. The molecule has 1 aliphatic carbocycles. The third kappa shape index (κ3) is 2.22. The second-order valence-corrected chi connectivity index (χ2v) is 5.40. The van der Waals surface area contributed by atoms with Crippen molar-refractivity contribution in [2.24, 2.45) is 0 Å². The number of nitrogens with one attached hydrogen (secondary N) is 1. The van der Waals surface area contributed by atoms with Crippen LogP contribution in [0.3, 0.4) is 0 Å². The van der Waals surface area contributed by atoms with E-state index >= 15 is 0 Å². The van der Waals surface area contributed by atoms with Crippen LogP contribution in [0.2, 0.25) is 0 Å². The fourth-order valence-corrected chi connectivity index (χ4v) is 2.86. The Kier molecular flexibility index (Phi) is 3.13. The topological polar surface area (TPSA) is 49.6 Å². The Hall–Kier alpha value is -0.910. The van der Waals surface area contributed by atoms with E-state index in [2.05, 4.69) is 21.3 Å².